The third-order valence-corrected chi connectivity index (χ3v) is 4.59. The van der Waals surface area contributed by atoms with Crippen molar-refractivity contribution in [1.29, 1.82) is 0 Å². The first-order valence-corrected chi connectivity index (χ1v) is 7.72. The van der Waals surface area contributed by atoms with Crippen LogP contribution in [0.1, 0.15) is 60.9 Å². The lowest BCUT2D eigenvalue weighted by Gasteiger charge is -2.42. The monoisotopic (exact) mass is 287 g/mol. The highest BCUT2D eigenvalue weighted by atomic mass is 16.5. The summed E-state index contributed by atoms with van der Waals surface area (Å²) in [5, 5.41) is 8.68. The summed E-state index contributed by atoms with van der Waals surface area (Å²) in [6.07, 6.45) is 2.41. The van der Waals surface area contributed by atoms with E-state index in [0.29, 0.717) is 12.0 Å². The van der Waals surface area contributed by atoms with Gasteiger partial charge in [-0.25, -0.2) is 0 Å². The largest absolute Gasteiger partial charge is 0.338 e. The van der Waals surface area contributed by atoms with E-state index in [-0.39, 0.29) is 6.04 Å². The van der Waals surface area contributed by atoms with Crippen molar-refractivity contribution in [3.63, 3.8) is 0 Å². The predicted octanol–water partition coefficient (Wildman–Crippen LogP) is 2.38. The Kier molecular flexibility index (Phi) is 2.89. The molecule has 0 unspecified atom stereocenters. The second-order valence-electron chi connectivity index (χ2n) is 6.42. The van der Waals surface area contributed by atoms with Gasteiger partial charge in [0.1, 0.15) is 0 Å². The van der Waals surface area contributed by atoms with Crippen molar-refractivity contribution in [1.82, 2.24) is 24.8 Å². The zero-order chi connectivity index (χ0) is 14.6. The minimum absolute atomic E-state index is 0.193. The molecule has 0 aromatic carbocycles. The molecule has 1 atom stereocenters. The fraction of sp³-hybridized carbons (Fsp3) is 0.667. The summed E-state index contributed by atoms with van der Waals surface area (Å²) in [6, 6.07) is 2.79. The van der Waals surface area contributed by atoms with Gasteiger partial charge in [-0.15, -0.1) is 0 Å². The quantitative estimate of drug-likeness (QED) is 0.864. The summed E-state index contributed by atoms with van der Waals surface area (Å²) >= 11 is 0. The molecule has 4 rings (SSSR count). The third-order valence-electron chi connectivity index (χ3n) is 4.59. The average Bonchev–Trinajstić information content (AvgIpc) is 3.03. The van der Waals surface area contributed by atoms with Gasteiger partial charge in [0.05, 0.1) is 17.8 Å². The lowest BCUT2D eigenvalue weighted by Crippen LogP contribution is -2.49. The molecule has 0 spiro atoms. The zero-order valence-electron chi connectivity index (χ0n) is 12.8. The van der Waals surface area contributed by atoms with E-state index in [9.17, 15) is 0 Å². The summed E-state index contributed by atoms with van der Waals surface area (Å²) in [6.45, 7) is 8.28. The van der Waals surface area contributed by atoms with E-state index in [1.807, 2.05) is 6.92 Å². The number of aromatic nitrogens is 4. The molecule has 3 heterocycles. The first kappa shape index (κ1) is 13.0. The highest BCUT2D eigenvalue weighted by Gasteiger charge is 2.36. The van der Waals surface area contributed by atoms with Crippen LogP contribution in [0.5, 0.6) is 0 Å². The van der Waals surface area contributed by atoms with E-state index in [1.165, 1.54) is 18.5 Å². The topological polar surface area (TPSA) is 60.0 Å². The Morgan fingerprint density at radius 1 is 1.29 bits per heavy atom. The van der Waals surface area contributed by atoms with Gasteiger partial charge in [0, 0.05) is 24.7 Å². The van der Waals surface area contributed by atoms with Gasteiger partial charge in [-0.3, -0.25) is 9.58 Å². The van der Waals surface area contributed by atoms with E-state index in [0.717, 1.165) is 30.5 Å². The Bertz CT molecular complexity index is 651. The van der Waals surface area contributed by atoms with Crippen molar-refractivity contribution in [2.45, 2.75) is 51.6 Å². The van der Waals surface area contributed by atoms with E-state index in [4.69, 9.17) is 4.52 Å². The molecule has 2 aromatic rings. The summed E-state index contributed by atoms with van der Waals surface area (Å²) in [4.78, 5) is 6.92. The average molecular weight is 287 g/mol. The first-order chi connectivity index (χ1) is 10.1. The fourth-order valence-electron chi connectivity index (χ4n) is 3.06. The number of hydrogen-bond donors (Lipinski definition) is 0. The van der Waals surface area contributed by atoms with Gasteiger partial charge in [-0.05, 0) is 39.7 Å². The minimum atomic E-state index is 0.193. The molecule has 2 aromatic heterocycles. The lowest BCUT2D eigenvalue weighted by molar-refractivity contribution is 0.0445. The summed E-state index contributed by atoms with van der Waals surface area (Å²) in [5.41, 5.74) is 2.32. The van der Waals surface area contributed by atoms with E-state index < -0.39 is 0 Å². The molecule has 0 amide bonds. The molecule has 2 fully saturated rings. The second-order valence-corrected chi connectivity index (χ2v) is 6.42. The Balaban J connectivity index is 1.41. The van der Waals surface area contributed by atoms with Crippen LogP contribution in [0, 0.1) is 13.8 Å². The van der Waals surface area contributed by atoms with Gasteiger partial charge in [0.2, 0.25) is 5.89 Å². The lowest BCUT2D eigenvalue weighted by atomic mass is 10.1. The molecule has 1 aliphatic carbocycles. The zero-order valence-corrected chi connectivity index (χ0v) is 12.8. The second kappa shape index (κ2) is 4.66. The Morgan fingerprint density at radius 2 is 2.05 bits per heavy atom. The highest BCUT2D eigenvalue weighted by Crippen LogP contribution is 2.39. The minimum Gasteiger partial charge on any atom is -0.338 e. The maximum absolute atomic E-state index is 5.43. The van der Waals surface area contributed by atoms with Crippen LogP contribution in [0.15, 0.2) is 10.6 Å². The number of hydrogen-bond acceptors (Lipinski definition) is 5. The SMILES string of the molecule is Cc1cc(C)n(C2CN([C@@H](C)c3nc(C4CC4)no3)C2)n1. The Labute approximate surface area is 124 Å². The van der Waals surface area contributed by atoms with Gasteiger partial charge < -0.3 is 4.52 Å². The van der Waals surface area contributed by atoms with Gasteiger partial charge in [-0.1, -0.05) is 5.16 Å². The van der Waals surface area contributed by atoms with Crippen LogP contribution in [0.4, 0.5) is 0 Å². The van der Waals surface area contributed by atoms with Gasteiger partial charge >= 0.3 is 0 Å². The molecule has 1 saturated heterocycles. The number of aryl methyl sites for hydroxylation is 2. The molecule has 0 N–H and O–H groups in total. The molecular weight excluding hydrogens is 266 g/mol. The summed E-state index contributed by atoms with van der Waals surface area (Å²) < 4.78 is 7.57. The van der Waals surface area contributed by atoms with Crippen LogP contribution in [-0.4, -0.2) is 37.9 Å². The smallest absolute Gasteiger partial charge is 0.243 e. The van der Waals surface area contributed by atoms with E-state index in [2.05, 4.69) is 44.7 Å². The van der Waals surface area contributed by atoms with Crippen molar-refractivity contribution in [3.05, 3.63) is 29.2 Å². The highest BCUT2D eigenvalue weighted by molar-refractivity contribution is 5.10. The van der Waals surface area contributed by atoms with Gasteiger partial charge in [0.25, 0.3) is 0 Å². The number of likely N-dealkylation sites (tertiary alicyclic amines) is 1. The van der Waals surface area contributed by atoms with Crippen molar-refractivity contribution in [2.24, 2.45) is 0 Å². The summed E-state index contributed by atoms with van der Waals surface area (Å²) in [7, 11) is 0. The maximum atomic E-state index is 5.43. The normalized spacial score (nSPS) is 21.5. The Hall–Kier alpha value is -1.69. The van der Waals surface area contributed by atoms with Crippen LogP contribution < -0.4 is 0 Å². The molecule has 0 bridgehead atoms. The molecule has 6 nitrogen and oxygen atoms in total. The van der Waals surface area contributed by atoms with Gasteiger partial charge in [0.15, 0.2) is 5.82 Å². The molecule has 112 valence electrons. The predicted molar refractivity (Wildman–Crippen MR) is 77.0 cm³/mol. The summed E-state index contributed by atoms with van der Waals surface area (Å²) in [5.74, 6) is 2.20. The van der Waals surface area contributed by atoms with Crippen LogP contribution >= 0.6 is 0 Å². The molecule has 1 saturated carbocycles. The van der Waals surface area contributed by atoms with E-state index in [1.54, 1.807) is 0 Å². The third kappa shape index (κ3) is 2.27. The molecular formula is C15H21N5O. The molecule has 2 aliphatic rings. The fourth-order valence-corrected chi connectivity index (χ4v) is 3.06. The standard InChI is InChI=1S/C15H21N5O/c1-9-6-10(2)20(17-9)13-7-19(8-13)11(3)15-16-14(18-21-15)12-4-5-12/h6,11-13H,4-5,7-8H2,1-3H3/t11-/m0/s1. The molecule has 0 radical (unpaired) electrons. The van der Waals surface area contributed by atoms with Crippen molar-refractivity contribution in [3.8, 4) is 0 Å². The van der Waals surface area contributed by atoms with Crippen molar-refractivity contribution in [2.75, 3.05) is 13.1 Å². The first-order valence-electron chi connectivity index (χ1n) is 7.72. The number of nitrogens with zero attached hydrogens (tertiary/aromatic N) is 5. The Morgan fingerprint density at radius 3 is 2.67 bits per heavy atom. The molecule has 1 aliphatic heterocycles. The number of rotatable bonds is 4. The molecule has 6 heteroatoms. The van der Waals surface area contributed by atoms with Crippen LogP contribution in [-0.2, 0) is 0 Å². The van der Waals surface area contributed by atoms with Gasteiger partial charge in [-0.2, -0.15) is 10.1 Å². The van der Waals surface area contributed by atoms with Crippen molar-refractivity contribution >= 4 is 0 Å². The molecule has 21 heavy (non-hydrogen) atoms. The van der Waals surface area contributed by atoms with Crippen LogP contribution in [0.25, 0.3) is 0 Å². The van der Waals surface area contributed by atoms with Crippen molar-refractivity contribution < 1.29 is 4.52 Å². The maximum Gasteiger partial charge on any atom is 0.243 e. The van der Waals surface area contributed by atoms with Crippen LogP contribution in [0.3, 0.4) is 0 Å². The van der Waals surface area contributed by atoms with Crippen LogP contribution in [0.2, 0.25) is 0 Å². The van der Waals surface area contributed by atoms with E-state index >= 15 is 0 Å².